The Balaban J connectivity index is 1.13. The Bertz CT molecular complexity index is 712. The monoisotopic (exact) mass is 438 g/mol. The predicted octanol–water partition coefficient (Wildman–Crippen LogP) is 5.25. The molecule has 0 atom stereocenters. The molecule has 2 N–H and O–H groups in total. The van der Waals surface area contributed by atoms with Gasteiger partial charge < -0.3 is 10.6 Å². The van der Waals surface area contributed by atoms with Gasteiger partial charge in [-0.25, -0.2) is 0 Å². The smallest absolute Gasteiger partial charge is 0.226 e. The lowest BCUT2D eigenvalue weighted by atomic mass is 9.43. The summed E-state index contributed by atoms with van der Waals surface area (Å²) in [5.41, 5.74) is -0.396. The molecule has 4 nitrogen and oxygen atoms in total. The van der Waals surface area contributed by atoms with Crippen molar-refractivity contribution in [3.8, 4) is 0 Å². The Labute approximate surface area is 193 Å². The van der Waals surface area contributed by atoms with Crippen molar-refractivity contribution >= 4 is 11.8 Å². The Morgan fingerprint density at radius 1 is 0.531 bits per heavy atom. The van der Waals surface area contributed by atoms with E-state index >= 15 is 0 Å². The van der Waals surface area contributed by atoms with E-state index in [0.29, 0.717) is 23.7 Å². The van der Waals surface area contributed by atoms with Crippen LogP contribution in [-0.2, 0) is 9.59 Å². The maximum atomic E-state index is 14.0. The standard InChI is InChI=1S/C28H42N2O2/c31-23(29-27-7-1-19(2-8-27)3-9-27)25-14-21-13-22(15-25)17-26(16-21,18-25)24(32)30-28-10-4-20(5-11-28)6-12-28/h19-22H,1-18H2,(H,29,31)(H,30,32). The van der Waals surface area contributed by atoms with Gasteiger partial charge in [0.15, 0.2) is 0 Å². The molecular formula is C28H42N2O2. The lowest BCUT2D eigenvalue weighted by Gasteiger charge is -2.61. The molecule has 176 valence electrons. The Morgan fingerprint density at radius 3 is 1.22 bits per heavy atom. The van der Waals surface area contributed by atoms with Gasteiger partial charge >= 0.3 is 0 Å². The van der Waals surface area contributed by atoms with Gasteiger partial charge in [0.2, 0.25) is 11.8 Å². The molecule has 10 saturated carbocycles. The van der Waals surface area contributed by atoms with Gasteiger partial charge in [-0.1, -0.05) is 0 Å². The SMILES string of the molecule is O=C(NC12CCC(CC1)CC2)C12CC3CC(C1)CC(C(=O)NC14CCC(CC1)CC4)(C3)C2. The van der Waals surface area contributed by atoms with Crippen LogP contribution in [0.2, 0.25) is 0 Å². The molecule has 0 saturated heterocycles. The summed E-state index contributed by atoms with van der Waals surface area (Å²) >= 11 is 0. The van der Waals surface area contributed by atoms with Crippen molar-refractivity contribution in [1.82, 2.24) is 10.6 Å². The summed E-state index contributed by atoms with van der Waals surface area (Å²) in [6.45, 7) is 0. The fourth-order valence-corrected chi connectivity index (χ4v) is 10.4. The molecule has 0 aromatic rings. The van der Waals surface area contributed by atoms with Crippen molar-refractivity contribution in [1.29, 1.82) is 0 Å². The third-order valence-electron chi connectivity index (χ3n) is 12.0. The Kier molecular flexibility index (Phi) is 4.29. The van der Waals surface area contributed by atoms with E-state index < -0.39 is 0 Å². The molecule has 0 unspecified atom stereocenters. The Hall–Kier alpha value is -1.06. The van der Waals surface area contributed by atoms with Gasteiger partial charge in [-0.05, 0) is 139 Å². The number of carbonyl (C=O) groups is 2. The van der Waals surface area contributed by atoms with E-state index in [4.69, 9.17) is 0 Å². The molecule has 10 fully saturated rings. The highest BCUT2D eigenvalue weighted by Gasteiger charge is 2.64. The highest BCUT2D eigenvalue weighted by molar-refractivity contribution is 5.89. The number of carbonyl (C=O) groups excluding carboxylic acids is 2. The largest absolute Gasteiger partial charge is 0.350 e. The van der Waals surface area contributed by atoms with Gasteiger partial charge in [0.05, 0.1) is 10.8 Å². The molecule has 0 heterocycles. The van der Waals surface area contributed by atoms with Crippen LogP contribution in [0.15, 0.2) is 0 Å². The molecule has 10 aliphatic rings. The van der Waals surface area contributed by atoms with Gasteiger partial charge in [-0.3, -0.25) is 9.59 Å². The first kappa shape index (κ1) is 20.3. The highest BCUT2D eigenvalue weighted by atomic mass is 16.2. The van der Waals surface area contributed by atoms with E-state index in [0.717, 1.165) is 43.9 Å². The van der Waals surface area contributed by atoms with Crippen LogP contribution < -0.4 is 10.6 Å². The topological polar surface area (TPSA) is 58.2 Å². The van der Waals surface area contributed by atoms with E-state index in [9.17, 15) is 9.59 Å². The molecular weight excluding hydrogens is 396 g/mol. The summed E-state index contributed by atoms with van der Waals surface area (Å²) < 4.78 is 0. The van der Waals surface area contributed by atoms with E-state index in [1.165, 1.54) is 83.5 Å². The van der Waals surface area contributed by atoms with Crippen LogP contribution in [0.25, 0.3) is 0 Å². The average molecular weight is 439 g/mol. The first-order chi connectivity index (χ1) is 15.4. The van der Waals surface area contributed by atoms with Crippen molar-refractivity contribution in [2.45, 2.75) is 127 Å². The zero-order chi connectivity index (χ0) is 21.6. The van der Waals surface area contributed by atoms with E-state index in [2.05, 4.69) is 10.6 Å². The van der Waals surface area contributed by atoms with Crippen LogP contribution in [0.3, 0.4) is 0 Å². The normalized spacial score (nSPS) is 52.8. The van der Waals surface area contributed by atoms with Gasteiger partial charge in [-0.2, -0.15) is 0 Å². The third kappa shape index (κ3) is 2.99. The summed E-state index contributed by atoms with van der Waals surface area (Å²) in [5, 5.41) is 7.34. The minimum absolute atomic E-state index is 0.0737. The second-order valence-electron chi connectivity index (χ2n) is 14.0. The average Bonchev–Trinajstić information content (AvgIpc) is 2.80. The summed E-state index contributed by atoms with van der Waals surface area (Å²) in [5.74, 6) is 3.64. The molecule has 8 bridgehead atoms. The van der Waals surface area contributed by atoms with Crippen LogP contribution in [0, 0.1) is 34.5 Å². The maximum Gasteiger partial charge on any atom is 0.226 e. The summed E-state index contributed by atoms with van der Waals surface area (Å²) in [7, 11) is 0. The van der Waals surface area contributed by atoms with Crippen LogP contribution in [0.5, 0.6) is 0 Å². The van der Waals surface area contributed by atoms with Crippen molar-refractivity contribution < 1.29 is 9.59 Å². The Morgan fingerprint density at radius 2 is 0.875 bits per heavy atom. The highest BCUT2D eigenvalue weighted by Crippen LogP contribution is 2.66. The summed E-state index contributed by atoms with van der Waals surface area (Å²) in [4.78, 5) is 28.0. The molecule has 2 amide bonds. The molecule has 0 aliphatic heterocycles. The molecule has 0 radical (unpaired) electrons. The number of amides is 2. The third-order valence-corrected chi connectivity index (χ3v) is 12.0. The number of fused-ring (bicyclic) bond motifs is 6. The predicted molar refractivity (Wildman–Crippen MR) is 124 cm³/mol. The quantitative estimate of drug-likeness (QED) is 0.630. The van der Waals surface area contributed by atoms with Crippen molar-refractivity contribution in [3.63, 3.8) is 0 Å². The molecule has 4 heteroatoms. The fraction of sp³-hybridized carbons (Fsp3) is 0.929. The molecule has 0 spiro atoms. The molecule has 0 aromatic heterocycles. The molecule has 32 heavy (non-hydrogen) atoms. The molecule has 0 aromatic carbocycles. The molecule has 10 rings (SSSR count). The van der Waals surface area contributed by atoms with Crippen molar-refractivity contribution in [3.05, 3.63) is 0 Å². The van der Waals surface area contributed by atoms with E-state index in [-0.39, 0.29) is 21.9 Å². The lowest BCUT2D eigenvalue weighted by molar-refractivity contribution is -0.170. The fourth-order valence-electron chi connectivity index (χ4n) is 10.4. The van der Waals surface area contributed by atoms with Crippen molar-refractivity contribution in [2.75, 3.05) is 0 Å². The van der Waals surface area contributed by atoms with Crippen LogP contribution in [0.1, 0.15) is 116 Å². The van der Waals surface area contributed by atoms with Gasteiger partial charge in [0, 0.05) is 11.1 Å². The van der Waals surface area contributed by atoms with Gasteiger partial charge in [0.25, 0.3) is 0 Å². The number of hydrogen-bond acceptors (Lipinski definition) is 2. The number of hydrogen-bond donors (Lipinski definition) is 2. The van der Waals surface area contributed by atoms with E-state index in [1.54, 1.807) is 0 Å². The second-order valence-corrected chi connectivity index (χ2v) is 14.0. The van der Waals surface area contributed by atoms with Crippen molar-refractivity contribution in [2.24, 2.45) is 34.5 Å². The summed E-state index contributed by atoms with van der Waals surface area (Å²) in [6, 6.07) is 0. The van der Waals surface area contributed by atoms with Crippen LogP contribution in [-0.4, -0.2) is 22.9 Å². The zero-order valence-corrected chi connectivity index (χ0v) is 19.9. The number of nitrogens with one attached hydrogen (secondary N) is 2. The first-order valence-corrected chi connectivity index (χ1v) is 14.0. The number of rotatable bonds is 4. The maximum absolute atomic E-state index is 14.0. The second kappa shape index (κ2) is 6.75. The minimum Gasteiger partial charge on any atom is -0.350 e. The van der Waals surface area contributed by atoms with E-state index in [1.807, 2.05) is 0 Å². The first-order valence-electron chi connectivity index (χ1n) is 14.0. The lowest BCUT2D eigenvalue weighted by Crippen LogP contribution is -2.66. The molecule has 10 aliphatic carbocycles. The van der Waals surface area contributed by atoms with Crippen LogP contribution >= 0.6 is 0 Å². The minimum atomic E-state index is -0.271. The van der Waals surface area contributed by atoms with Crippen LogP contribution in [0.4, 0.5) is 0 Å². The zero-order valence-electron chi connectivity index (χ0n) is 19.9. The summed E-state index contributed by atoms with van der Waals surface area (Å²) in [6.07, 6.45) is 21.1. The van der Waals surface area contributed by atoms with Gasteiger partial charge in [-0.15, -0.1) is 0 Å². The van der Waals surface area contributed by atoms with Gasteiger partial charge in [0.1, 0.15) is 0 Å².